The zero-order chi connectivity index (χ0) is 22.9. The van der Waals surface area contributed by atoms with Gasteiger partial charge < -0.3 is 15.2 Å². The summed E-state index contributed by atoms with van der Waals surface area (Å²) in [4.78, 5) is 11.4. The second-order valence-electron chi connectivity index (χ2n) is 8.57. The number of nitrogens with zero attached hydrogens (tertiary/aromatic N) is 4. The summed E-state index contributed by atoms with van der Waals surface area (Å²) in [6.45, 7) is 6.00. The van der Waals surface area contributed by atoms with E-state index in [2.05, 4.69) is 80.1 Å². The topological polar surface area (TPSA) is 78.6 Å². The number of hydrogen-bond acceptors (Lipinski definition) is 5. The van der Waals surface area contributed by atoms with Crippen LogP contribution in [-0.2, 0) is 19.5 Å². The van der Waals surface area contributed by atoms with E-state index < -0.39 is 0 Å². The lowest BCUT2D eigenvalue weighted by atomic mass is 10.0. The molecule has 1 aromatic heterocycles. The zero-order valence-electron chi connectivity index (χ0n) is 20.0. The SMILES string of the molecule is CCCc1noc(-c2cccc(CNC(=NC)NC3CCN(Cc4ccccc4)CC3)c2)n1.I. The number of aliphatic imine (C=N–C) groups is 1. The molecule has 2 aromatic carbocycles. The Bertz CT molecular complexity index is 1030. The second kappa shape index (κ2) is 13.4. The highest BCUT2D eigenvalue weighted by Gasteiger charge is 2.20. The smallest absolute Gasteiger partial charge is 0.257 e. The first-order chi connectivity index (χ1) is 16.2. The number of nitrogens with one attached hydrogen (secondary N) is 2. The van der Waals surface area contributed by atoms with Gasteiger partial charge in [-0.3, -0.25) is 9.89 Å². The van der Waals surface area contributed by atoms with E-state index >= 15 is 0 Å². The van der Waals surface area contributed by atoms with Gasteiger partial charge in [-0.25, -0.2) is 0 Å². The Kier molecular flexibility index (Phi) is 10.3. The highest BCUT2D eigenvalue weighted by atomic mass is 127. The van der Waals surface area contributed by atoms with Crippen LogP contribution in [0.1, 0.15) is 43.1 Å². The standard InChI is InChI=1S/C26H34N6O.HI/c1-3-8-24-30-25(33-31-24)22-12-7-11-21(17-22)18-28-26(27-2)29-23-13-15-32(16-14-23)19-20-9-5-4-6-10-20;/h4-7,9-12,17,23H,3,8,13-16,18-19H2,1-2H3,(H2,27,28,29);1H. The Morgan fingerprint density at radius 2 is 1.85 bits per heavy atom. The number of benzene rings is 2. The van der Waals surface area contributed by atoms with Crippen molar-refractivity contribution in [1.82, 2.24) is 25.7 Å². The molecule has 1 fully saturated rings. The van der Waals surface area contributed by atoms with Crippen LogP contribution in [0, 0.1) is 0 Å². The largest absolute Gasteiger partial charge is 0.354 e. The molecule has 0 saturated carbocycles. The average Bonchev–Trinajstić information content (AvgIpc) is 3.33. The van der Waals surface area contributed by atoms with Crippen LogP contribution in [0.15, 0.2) is 64.1 Å². The summed E-state index contributed by atoms with van der Waals surface area (Å²) in [5.74, 6) is 2.17. The van der Waals surface area contributed by atoms with E-state index in [9.17, 15) is 0 Å². The van der Waals surface area contributed by atoms with Gasteiger partial charge in [-0.2, -0.15) is 4.98 Å². The molecule has 0 atom stereocenters. The molecule has 0 spiro atoms. The molecule has 0 aliphatic carbocycles. The molecule has 0 amide bonds. The molecule has 0 bridgehead atoms. The lowest BCUT2D eigenvalue weighted by molar-refractivity contribution is 0.198. The Hall–Kier alpha value is -2.46. The fraction of sp³-hybridized carbons (Fsp3) is 0.423. The monoisotopic (exact) mass is 574 g/mol. The highest BCUT2D eigenvalue weighted by molar-refractivity contribution is 14.0. The number of piperidine rings is 1. The van der Waals surface area contributed by atoms with Crippen molar-refractivity contribution >= 4 is 29.9 Å². The first-order valence-electron chi connectivity index (χ1n) is 11.9. The molecule has 4 rings (SSSR count). The zero-order valence-corrected chi connectivity index (χ0v) is 22.4. The van der Waals surface area contributed by atoms with E-state index in [0.29, 0.717) is 18.5 Å². The van der Waals surface area contributed by atoms with Crippen LogP contribution in [0.3, 0.4) is 0 Å². The van der Waals surface area contributed by atoms with Gasteiger partial charge in [0.1, 0.15) is 0 Å². The van der Waals surface area contributed by atoms with Crippen molar-refractivity contribution in [2.45, 2.75) is 51.7 Å². The fourth-order valence-corrected chi connectivity index (χ4v) is 4.16. The Balaban J connectivity index is 0.00000324. The Morgan fingerprint density at radius 1 is 1.09 bits per heavy atom. The number of halogens is 1. The predicted octanol–water partition coefficient (Wildman–Crippen LogP) is 4.64. The highest BCUT2D eigenvalue weighted by Crippen LogP contribution is 2.19. The molecule has 2 heterocycles. The molecule has 7 nitrogen and oxygen atoms in total. The van der Waals surface area contributed by atoms with Crippen LogP contribution >= 0.6 is 24.0 Å². The molecule has 2 N–H and O–H groups in total. The molecule has 3 aromatic rings. The first-order valence-corrected chi connectivity index (χ1v) is 11.9. The van der Waals surface area contributed by atoms with Gasteiger partial charge in [-0.15, -0.1) is 24.0 Å². The van der Waals surface area contributed by atoms with Crippen LogP contribution in [0.5, 0.6) is 0 Å². The minimum atomic E-state index is 0. The quantitative estimate of drug-likeness (QED) is 0.232. The van der Waals surface area contributed by atoms with Crippen molar-refractivity contribution in [1.29, 1.82) is 0 Å². The second-order valence-corrected chi connectivity index (χ2v) is 8.57. The van der Waals surface area contributed by atoms with Crippen LogP contribution in [0.25, 0.3) is 11.5 Å². The molecular formula is C26H35IN6O. The summed E-state index contributed by atoms with van der Waals surface area (Å²) in [7, 11) is 1.82. The molecule has 34 heavy (non-hydrogen) atoms. The third-order valence-electron chi connectivity index (χ3n) is 5.98. The minimum Gasteiger partial charge on any atom is -0.354 e. The molecule has 0 radical (unpaired) electrons. The number of hydrogen-bond donors (Lipinski definition) is 2. The third-order valence-corrected chi connectivity index (χ3v) is 5.98. The van der Waals surface area contributed by atoms with Crippen LogP contribution in [0.2, 0.25) is 0 Å². The Morgan fingerprint density at radius 3 is 2.59 bits per heavy atom. The minimum absolute atomic E-state index is 0. The first kappa shape index (κ1) is 26.2. The van der Waals surface area contributed by atoms with Crippen molar-refractivity contribution in [2.75, 3.05) is 20.1 Å². The number of aromatic nitrogens is 2. The summed E-state index contributed by atoms with van der Waals surface area (Å²) in [6, 6.07) is 19.3. The maximum absolute atomic E-state index is 5.43. The van der Waals surface area contributed by atoms with E-state index in [0.717, 1.165) is 68.2 Å². The molecule has 0 unspecified atom stereocenters. The van der Waals surface area contributed by atoms with E-state index in [1.807, 2.05) is 19.2 Å². The summed E-state index contributed by atoms with van der Waals surface area (Å²) in [5, 5.41) is 11.1. The van der Waals surface area contributed by atoms with Crippen molar-refractivity contribution in [3.05, 3.63) is 71.5 Å². The van der Waals surface area contributed by atoms with E-state index in [1.165, 1.54) is 5.56 Å². The lowest BCUT2D eigenvalue weighted by Crippen LogP contribution is -2.48. The van der Waals surface area contributed by atoms with Crippen molar-refractivity contribution < 1.29 is 4.52 Å². The Labute approximate surface area is 219 Å². The average molecular weight is 575 g/mol. The normalized spacial score (nSPS) is 15.1. The summed E-state index contributed by atoms with van der Waals surface area (Å²) < 4.78 is 5.43. The van der Waals surface area contributed by atoms with Gasteiger partial charge >= 0.3 is 0 Å². The summed E-state index contributed by atoms with van der Waals surface area (Å²) in [6.07, 6.45) is 4.06. The van der Waals surface area contributed by atoms with Gasteiger partial charge in [0.2, 0.25) is 0 Å². The maximum Gasteiger partial charge on any atom is 0.257 e. The van der Waals surface area contributed by atoms with E-state index in [1.54, 1.807) is 0 Å². The molecule has 1 aliphatic heterocycles. The van der Waals surface area contributed by atoms with Crippen molar-refractivity contribution in [3.8, 4) is 11.5 Å². The third kappa shape index (κ3) is 7.53. The summed E-state index contributed by atoms with van der Waals surface area (Å²) in [5.41, 5.74) is 3.46. The summed E-state index contributed by atoms with van der Waals surface area (Å²) >= 11 is 0. The van der Waals surface area contributed by atoms with Crippen molar-refractivity contribution in [3.63, 3.8) is 0 Å². The van der Waals surface area contributed by atoms with Crippen LogP contribution in [0.4, 0.5) is 0 Å². The maximum atomic E-state index is 5.43. The van der Waals surface area contributed by atoms with Gasteiger partial charge in [0.05, 0.1) is 0 Å². The van der Waals surface area contributed by atoms with Gasteiger partial charge in [0.25, 0.3) is 5.89 Å². The van der Waals surface area contributed by atoms with Gasteiger partial charge in [0, 0.05) is 51.3 Å². The molecule has 8 heteroatoms. The molecule has 1 aliphatic rings. The lowest BCUT2D eigenvalue weighted by Gasteiger charge is -2.33. The van der Waals surface area contributed by atoms with Gasteiger partial charge in [-0.05, 0) is 42.5 Å². The van der Waals surface area contributed by atoms with E-state index in [-0.39, 0.29) is 24.0 Å². The molecular weight excluding hydrogens is 539 g/mol. The van der Waals surface area contributed by atoms with Crippen LogP contribution < -0.4 is 10.6 Å². The number of aryl methyl sites for hydroxylation is 1. The van der Waals surface area contributed by atoms with Gasteiger partial charge in [0.15, 0.2) is 11.8 Å². The fourth-order valence-electron chi connectivity index (χ4n) is 4.16. The molecule has 182 valence electrons. The van der Waals surface area contributed by atoms with Crippen LogP contribution in [-0.4, -0.2) is 47.2 Å². The van der Waals surface area contributed by atoms with Crippen molar-refractivity contribution in [2.24, 2.45) is 4.99 Å². The number of likely N-dealkylation sites (tertiary alicyclic amines) is 1. The number of guanidine groups is 1. The van der Waals surface area contributed by atoms with E-state index in [4.69, 9.17) is 4.52 Å². The van der Waals surface area contributed by atoms with Gasteiger partial charge in [-0.1, -0.05) is 54.5 Å². The number of rotatable bonds is 8. The molecule has 1 saturated heterocycles. The predicted molar refractivity (Wildman–Crippen MR) is 147 cm³/mol.